The summed E-state index contributed by atoms with van der Waals surface area (Å²) in [6, 6.07) is 16.6. The first-order valence-electron chi connectivity index (χ1n) is 6.98. The van der Waals surface area contributed by atoms with Crippen molar-refractivity contribution >= 4 is 27.7 Å². The lowest BCUT2D eigenvalue weighted by molar-refractivity contribution is 0.793. The summed E-state index contributed by atoms with van der Waals surface area (Å²) in [6.45, 7) is 2.09. The largest absolute Gasteiger partial charge is 0.305 e. The van der Waals surface area contributed by atoms with Crippen LogP contribution in [0.5, 0.6) is 0 Å². The predicted octanol–water partition coefficient (Wildman–Crippen LogP) is 4.85. The average molecular weight is 374 g/mol. The Hall–Kier alpha value is -1.59. The molecule has 2 aromatic carbocycles. The first-order chi connectivity index (χ1) is 10.6. The maximum absolute atomic E-state index is 4.34. The standard InChI is InChI=1S/C17H16BrN3S/c1-12-6-5-8-13(10-12)16-19-20-17(21(16)2)22-11-14-7-3-4-9-15(14)18/h3-10H,11H2,1-2H3. The van der Waals surface area contributed by atoms with Gasteiger partial charge in [0.2, 0.25) is 0 Å². The van der Waals surface area contributed by atoms with E-state index in [1.165, 1.54) is 11.1 Å². The van der Waals surface area contributed by atoms with Crippen LogP contribution in [0.1, 0.15) is 11.1 Å². The van der Waals surface area contributed by atoms with Gasteiger partial charge in [-0.2, -0.15) is 0 Å². The van der Waals surface area contributed by atoms with Gasteiger partial charge in [0, 0.05) is 22.8 Å². The van der Waals surface area contributed by atoms with Gasteiger partial charge in [0.15, 0.2) is 11.0 Å². The number of nitrogens with zero attached hydrogens (tertiary/aromatic N) is 3. The van der Waals surface area contributed by atoms with Gasteiger partial charge in [-0.15, -0.1) is 10.2 Å². The van der Waals surface area contributed by atoms with Crippen molar-refractivity contribution in [1.82, 2.24) is 14.8 Å². The van der Waals surface area contributed by atoms with Gasteiger partial charge < -0.3 is 4.57 Å². The summed E-state index contributed by atoms with van der Waals surface area (Å²) in [5.74, 6) is 1.76. The van der Waals surface area contributed by atoms with Gasteiger partial charge in [0.25, 0.3) is 0 Å². The third-order valence-electron chi connectivity index (χ3n) is 3.43. The van der Waals surface area contributed by atoms with E-state index in [0.29, 0.717) is 0 Å². The number of thioether (sulfide) groups is 1. The van der Waals surface area contributed by atoms with E-state index in [0.717, 1.165) is 26.8 Å². The highest BCUT2D eigenvalue weighted by atomic mass is 79.9. The van der Waals surface area contributed by atoms with Crippen LogP contribution in [0.15, 0.2) is 58.2 Å². The fourth-order valence-electron chi connectivity index (χ4n) is 2.23. The lowest BCUT2D eigenvalue weighted by Gasteiger charge is -2.06. The van der Waals surface area contributed by atoms with Crippen molar-refractivity contribution in [1.29, 1.82) is 0 Å². The molecule has 0 amide bonds. The van der Waals surface area contributed by atoms with Gasteiger partial charge in [-0.3, -0.25) is 0 Å². The Morgan fingerprint density at radius 2 is 1.91 bits per heavy atom. The maximum atomic E-state index is 4.34. The van der Waals surface area contributed by atoms with Gasteiger partial charge in [-0.1, -0.05) is 69.7 Å². The summed E-state index contributed by atoms with van der Waals surface area (Å²) in [6.07, 6.45) is 0. The molecular weight excluding hydrogens is 358 g/mol. The lowest BCUT2D eigenvalue weighted by atomic mass is 10.1. The fourth-order valence-corrected chi connectivity index (χ4v) is 3.76. The summed E-state index contributed by atoms with van der Waals surface area (Å²) in [5.41, 5.74) is 3.58. The Morgan fingerprint density at radius 1 is 1.09 bits per heavy atom. The molecule has 22 heavy (non-hydrogen) atoms. The second-order valence-electron chi connectivity index (χ2n) is 5.11. The highest BCUT2D eigenvalue weighted by Gasteiger charge is 2.12. The zero-order valence-corrected chi connectivity index (χ0v) is 14.9. The molecule has 0 saturated heterocycles. The van der Waals surface area contributed by atoms with Gasteiger partial charge in [-0.25, -0.2) is 0 Å². The minimum Gasteiger partial charge on any atom is -0.305 e. The number of rotatable bonds is 4. The molecule has 1 aromatic heterocycles. The van der Waals surface area contributed by atoms with Crippen LogP contribution in [-0.4, -0.2) is 14.8 Å². The molecule has 112 valence electrons. The van der Waals surface area contributed by atoms with Crippen molar-refractivity contribution in [3.8, 4) is 11.4 Å². The predicted molar refractivity (Wildman–Crippen MR) is 94.9 cm³/mol. The van der Waals surface area contributed by atoms with E-state index in [1.807, 2.05) is 19.2 Å². The zero-order chi connectivity index (χ0) is 15.5. The minimum atomic E-state index is 0.862. The molecule has 0 bridgehead atoms. The topological polar surface area (TPSA) is 30.7 Å². The molecule has 0 atom stereocenters. The second kappa shape index (κ2) is 6.67. The molecule has 0 aliphatic rings. The smallest absolute Gasteiger partial charge is 0.191 e. The first kappa shape index (κ1) is 15.3. The Kier molecular flexibility index (Phi) is 4.64. The molecule has 3 aromatic rings. The molecule has 0 N–H and O–H groups in total. The van der Waals surface area contributed by atoms with E-state index >= 15 is 0 Å². The van der Waals surface area contributed by atoms with Gasteiger partial charge in [0.05, 0.1) is 0 Å². The first-order valence-corrected chi connectivity index (χ1v) is 8.75. The zero-order valence-electron chi connectivity index (χ0n) is 12.5. The number of hydrogen-bond donors (Lipinski definition) is 0. The third-order valence-corrected chi connectivity index (χ3v) is 5.27. The molecule has 3 rings (SSSR count). The van der Waals surface area contributed by atoms with Crippen molar-refractivity contribution in [2.24, 2.45) is 7.05 Å². The molecule has 0 spiro atoms. The molecule has 0 fully saturated rings. The highest BCUT2D eigenvalue weighted by molar-refractivity contribution is 9.10. The van der Waals surface area contributed by atoms with Crippen LogP contribution in [0.2, 0.25) is 0 Å². The number of benzene rings is 2. The summed E-state index contributed by atoms with van der Waals surface area (Å²) < 4.78 is 3.18. The van der Waals surface area contributed by atoms with Crippen LogP contribution in [0.25, 0.3) is 11.4 Å². The Morgan fingerprint density at radius 3 is 2.68 bits per heavy atom. The van der Waals surface area contributed by atoms with Crippen LogP contribution in [0.4, 0.5) is 0 Å². The molecule has 0 saturated carbocycles. The quantitative estimate of drug-likeness (QED) is 0.612. The monoisotopic (exact) mass is 373 g/mol. The van der Waals surface area contributed by atoms with E-state index < -0.39 is 0 Å². The molecule has 0 aliphatic carbocycles. The third kappa shape index (κ3) is 3.25. The molecule has 5 heteroatoms. The van der Waals surface area contributed by atoms with Crippen LogP contribution in [0.3, 0.4) is 0 Å². The highest BCUT2D eigenvalue weighted by Crippen LogP contribution is 2.28. The normalized spacial score (nSPS) is 10.9. The molecule has 0 aliphatic heterocycles. The van der Waals surface area contributed by atoms with Gasteiger partial charge in [0.1, 0.15) is 0 Å². The molecule has 0 radical (unpaired) electrons. The van der Waals surface area contributed by atoms with E-state index in [-0.39, 0.29) is 0 Å². The Labute approximate surface area is 142 Å². The molecule has 1 heterocycles. The lowest BCUT2D eigenvalue weighted by Crippen LogP contribution is -1.95. The second-order valence-corrected chi connectivity index (χ2v) is 6.91. The molecule has 3 nitrogen and oxygen atoms in total. The van der Waals surface area contributed by atoms with Crippen molar-refractivity contribution in [2.75, 3.05) is 0 Å². The molecule has 0 unspecified atom stereocenters. The molecular formula is C17H16BrN3S. The Bertz CT molecular complexity index is 798. The van der Waals surface area contributed by atoms with Crippen molar-refractivity contribution in [2.45, 2.75) is 17.8 Å². The number of halogens is 1. The van der Waals surface area contributed by atoms with Crippen LogP contribution < -0.4 is 0 Å². The fraction of sp³-hybridized carbons (Fsp3) is 0.176. The maximum Gasteiger partial charge on any atom is 0.191 e. The van der Waals surface area contributed by atoms with Crippen molar-refractivity contribution in [3.05, 3.63) is 64.1 Å². The van der Waals surface area contributed by atoms with Crippen LogP contribution in [0, 0.1) is 6.92 Å². The average Bonchev–Trinajstić information content (AvgIpc) is 2.87. The summed E-state index contributed by atoms with van der Waals surface area (Å²) in [4.78, 5) is 0. The number of aromatic nitrogens is 3. The van der Waals surface area contributed by atoms with Crippen molar-refractivity contribution < 1.29 is 0 Å². The van der Waals surface area contributed by atoms with E-state index in [4.69, 9.17) is 0 Å². The van der Waals surface area contributed by atoms with Crippen LogP contribution in [-0.2, 0) is 12.8 Å². The van der Waals surface area contributed by atoms with E-state index in [1.54, 1.807) is 11.8 Å². The van der Waals surface area contributed by atoms with Crippen LogP contribution >= 0.6 is 27.7 Å². The van der Waals surface area contributed by atoms with Gasteiger partial charge >= 0.3 is 0 Å². The summed E-state index contributed by atoms with van der Waals surface area (Å²) in [7, 11) is 2.01. The SMILES string of the molecule is Cc1cccc(-c2nnc(SCc3ccccc3Br)n2C)c1. The van der Waals surface area contributed by atoms with Gasteiger partial charge in [-0.05, 0) is 24.6 Å². The summed E-state index contributed by atoms with van der Waals surface area (Å²) in [5, 5.41) is 9.59. The summed E-state index contributed by atoms with van der Waals surface area (Å²) >= 11 is 5.28. The number of aryl methyl sites for hydroxylation is 1. The van der Waals surface area contributed by atoms with E-state index in [9.17, 15) is 0 Å². The minimum absolute atomic E-state index is 0.862. The van der Waals surface area contributed by atoms with E-state index in [2.05, 4.69) is 74.0 Å². The van der Waals surface area contributed by atoms with Crippen molar-refractivity contribution in [3.63, 3.8) is 0 Å². The Balaban J connectivity index is 1.81. The number of hydrogen-bond acceptors (Lipinski definition) is 3.